The van der Waals surface area contributed by atoms with Gasteiger partial charge >= 0.3 is 0 Å². The highest BCUT2D eigenvalue weighted by atomic mass is 79.9. The minimum atomic E-state index is -0.230. The Hall–Kier alpha value is -3.05. The Morgan fingerprint density at radius 3 is 3.00 bits per heavy atom. The molecule has 4 aromatic rings. The van der Waals surface area contributed by atoms with Crippen LogP contribution in [0.5, 0.6) is 0 Å². The summed E-state index contributed by atoms with van der Waals surface area (Å²) in [5.74, 6) is 1.61. The van der Waals surface area contributed by atoms with Crippen LogP contribution in [0.3, 0.4) is 0 Å². The van der Waals surface area contributed by atoms with Gasteiger partial charge in [0.1, 0.15) is 5.82 Å². The van der Waals surface area contributed by atoms with Crippen molar-refractivity contribution in [1.29, 1.82) is 0 Å². The average molecular weight is 487 g/mol. The zero-order chi connectivity index (χ0) is 21.4. The van der Waals surface area contributed by atoms with Gasteiger partial charge in [-0.3, -0.25) is 4.90 Å². The monoisotopic (exact) mass is 486 g/mol. The third-order valence-corrected chi connectivity index (χ3v) is 6.12. The zero-order valence-corrected chi connectivity index (χ0v) is 18.1. The summed E-state index contributed by atoms with van der Waals surface area (Å²) in [6, 6.07) is 8.58. The number of nitrogens with zero attached hydrogens (tertiary/aromatic N) is 6. The van der Waals surface area contributed by atoms with Gasteiger partial charge in [-0.1, -0.05) is 15.9 Å². The second kappa shape index (κ2) is 8.23. The van der Waals surface area contributed by atoms with E-state index in [9.17, 15) is 4.39 Å². The van der Waals surface area contributed by atoms with E-state index in [2.05, 4.69) is 46.2 Å². The van der Waals surface area contributed by atoms with Crippen LogP contribution in [0.2, 0.25) is 0 Å². The summed E-state index contributed by atoms with van der Waals surface area (Å²) in [5.41, 5.74) is 6.99. The number of rotatable bonds is 6. The van der Waals surface area contributed by atoms with E-state index in [-0.39, 0.29) is 17.8 Å². The number of likely N-dealkylation sites (tertiary alicyclic amines) is 1. The van der Waals surface area contributed by atoms with E-state index in [1.165, 1.54) is 10.6 Å². The lowest BCUT2D eigenvalue weighted by Gasteiger charge is -2.25. The minimum Gasteiger partial charge on any atom is -0.461 e. The Morgan fingerprint density at radius 1 is 1.26 bits per heavy atom. The zero-order valence-electron chi connectivity index (χ0n) is 16.5. The lowest BCUT2D eigenvalue weighted by molar-refractivity contribution is 0.253. The molecule has 1 aliphatic heterocycles. The number of nitrogen functional groups attached to an aromatic ring is 1. The van der Waals surface area contributed by atoms with Crippen LogP contribution in [-0.4, -0.2) is 48.6 Å². The van der Waals surface area contributed by atoms with E-state index in [4.69, 9.17) is 10.2 Å². The van der Waals surface area contributed by atoms with Crippen molar-refractivity contribution in [3.05, 3.63) is 52.4 Å². The number of fused-ring (bicyclic) bond motifs is 1. The molecule has 0 spiro atoms. The lowest BCUT2D eigenvalue weighted by atomic mass is 10.1. The largest absolute Gasteiger partial charge is 0.461 e. The minimum absolute atomic E-state index is 0.185. The Labute approximate surface area is 185 Å². The molecule has 1 aromatic carbocycles. The molecule has 0 bridgehead atoms. The molecule has 3 aromatic heterocycles. The molecule has 11 heteroatoms. The molecule has 0 amide bonds. The molecular weight excluding hydrogens is 467 g/mol. The van der Waals surface area contributed by atoms with Crippen molar-refractivity contribution >= 4 is 33.6 Å². The molecule has 1 saturated heterocycles. The molecule has 5 rings (SSSR count). The van der Waals surface area contributed by atoms with Crippen molar-refractivity contribution in [2.75, 3.05) is 24.1 Å². The normalized spacial score (nSPS) is 16.9. The predicted octanol–water partition coefficient (Wildman–Crippen LogP) is 3.34. The standard InChI is InChI=1S/C20H20BrFN8O/c21-15-6-5-13(22)9-12(15)11-29-7-1-3-14(29)10-24-19-26-18(23)30-20(27-19)25-17(28-30)16-4-2-8-31-16/h2,4-6,8-9,14H,1,3,7,10-11H2,(H3,23,24,25,26,27,28). The van der Waals surface area contributed by atoms with Crippen LogP contribution in [0.15, 0.2) is 45.5 Å². The maximum atomic E-state index is 13.6. The number of halogens is 2. The molecule has 1 fully saturated rings. The molecule has 3 N–H and O–H groups in total. The summed E-state index contributed by atoms with van der Waals surface area (Å²) in [7, 11) is 0. The fourth-order valence-electron chi connectivity index (χ4n) is 3.82. The smallest absolute Gasteiger partial charge is 0.259 e. The van der Waals surface area contributed by atoms with Crippen LogP contribution in [0, 0.1) is 5.82 Å². The third kappa shape index (κ3) is 4.10. The molecule has 4 heterocycles. The van der Waals surface area contributed by atoms with E-state index in [1.54, 1.807) is 30.5 Å². The number of aromatic nitrogens is 5. The van der Waals surface area contributed by atoms with Gasteiger partial charge in [-0.15, -0.1) is 5.10 Å². The van der Waals surface area contributed by atoms with Gasteiger partial charge in [-0.25, -0.2) is 4.39 Å². The maximum Gasteiger partial charge on any atom is 0.259 e. The molecule has 9 nitrogen and oxygen atoms in total. The Kier molecular flexibility index (Phi) is 5.28. The summed E-state index contributed by atoms with van der Waals surface area (Å²) in [6.45, 7) is 2.26. The first-order valence-electron chi connectivity index (χ1n) is 9.93. The highest BCUT2D eigenvalue weighted by Crippen LogP contribution is 2.25. The van der Waals surface area contributed by atoms with Crippen LogP contribution in [0.1, 0.15) is 18.4 Å². The van der Waals surface area contributed by atoms with Crippen molar-refractivity contribution in [3.63, 3.8) is 0 Å². The lowest BCUT2D eigenvalue weighted by Crippen LogP contribution is -2.35. The van der Waals surface area contributed by atoms with Crippen LogP contribution in [0.25, 0.3) is 17.4 Å². The SMILES string of the molecule is Nc1nc(NCC2CCCN2Cc2cc(F)ccc2Br)nc2nc(-c3ccco3)nn12. The summed E-state index contributed by atoms with van der Waals surface area (Å²) in [5, 5.41) is 7.57. The maximum absolute atomic E-state index is 13.6. The van der Waals surface area contributed by atoms with Gasteiger partial charge in [0.25, 0.3) is 5.78 Å². The quantitative estimate of drug-likeness (QED) is 0.426. The number of nitrogens with two attached hydrogens (primary N) is 1. The number of nitrogens with one attached hydrogen (secondary N) is 1. The van der Waals surface area contributed by atoms with Crippen LogP contribution in [0.4, 0.5) is 16.3 Å². The summed E-state index contributed by atoms with van der Waals surface area (Å²) >= 11 is 3.52. The van der Waals surface area contributed by atoms with E-state index < -0.39 is 0 Å². The van der Waals surface area contributed by atoms with Crippen molar-refractivity contribution in [2.45, 2.75) is 25.4 Å². The topological polar surface area (TPSA) is 110 Å². The number of hydrogen-bond acceptors (Lipinski definition) is 8. The second-order valence-electron chi connectivity index (χ2n) is 7.41. The highest BCUT2D eigenvalue weighted by Gasteiger charge is 2.25. The van der Waals surface area contributed by atoms with Crippen molar-refractivity contribution in [1.82, 2.24) is 29.5 Å². The molecule has 0 saturated carbocycles. The van der Waals surface area contributed by atoms with Gasteiger partial charge in [0.15, 0.2) is 5.76 Å². The molecule has 0 radical (unpaired) electrons. The van der Waals surface area contributed by atoms with E-state index >= 15 is 0 Å². The molecule has 1 aliphatic rings. The van der Waals surface area contributed by atoms with Gasteiger partial charge < -0.3 is 15.5 Å². The molecule has 1 unspecified atom stereocenters. The number of furan rings is 1. The molecular formula is C20H20BrFN8O. The molecule has 0 aliphatic carbocycles. The van der Waals surface area contributed by atoms with Crippen LogP contribution < -0.4 is 11.1 Å². The summed E-state index contributed by atoms with van der Waals surface area (Å²) < 4.78 is 21.3. The first kappa shape index (κ1) is 19.9. The number of anilines is 2. The Morgan fingerprint density at radius 2 is 2.16 bits per heavy atom. The van der Waals surface area contributed by atoms with E-state index in [0.29, 0.717) is 36.4 Å². The fraction of sp³-hybridized carbons (Fsp3) is 0.300. The third-order valence-electron chi connectivity index (χ3n) is 5.35. The first-order chi connectivity index (χ1) is 15.1. The predicted molar refractivity (Wildman–Crippen MR) is 117 cm³/mol. The Bertz CT molecular complexity index is 1210. The van der Waals surface area contributed by atoms with E-state index in [1.807, 2.05) is 0 Å². The highest BCUT2D eigenvalue weighted by molar-refractivity contribution is 9.10. The van der Waals surface area contributed by atoms with Crippen molar-refractivity contribution in [3.8, 4) is 11.6 Å². The van der Waals surface area contributed by atoms with Crippen molar-refractivity contribution < 1.29 is 8.81 Å². The summed E-state index contributed by atoms with van der Waals surface area (Å²) in [6.07, 6.45) is 3.67. The Balaban J connectivity index is 1.30. The molecule has 31 heavy (non-hydrogen) atoms. The van der Waals surface area contributed by atoms with Gasteiger partial charge in [-0.05, 0) is 55.3 Å². The van der Waals surface area contributed by atoms with Gasteiger partial charge in [0.2, 0.25) is 17.7 Å². The van der Waals surface area contributed by atoms with Gasteiger partial charge in [-0.2, -0.15) is 19.5 Å². The fourth-order valence-corrected chi connectivity index (χ4v) is 4.19. The van der Waals surface area contributed by atoms with Crippen molar-refractivity contribution in [2.24, 2.45) is 0 Å². The molecule has 1 atom stereocenters. The second-order valence-corrected chi connectivity index (χ2v) is 8.27. The average Bonchev–Trinajstić information content (AvgIpc) is 3.49. The van der Waals surface area contributed by atoms with Crippen LogP contribution >= 0.6 is 15.9 Å². The number of benzene rings is 1. The molecule has 160 valence electrons. The van der Waals surface area contributed by atoms with Crippen LogP contribution in [-0.2, 0) is 6.54 Å². The van der Waals surface area contributed by atoms with Gasteiger partial charge in [0.05, 0.1) is 6.26 Å². The number of hydrogen-bond donors (Lipinski definition) is 2. The van der Waals surface area contributed by atoms with E-state index in [0.717, 1.165) is 29.4 Å². The summed E-state index contributed by atoms with van der Waals surface area (Å²) in [4.78, 5) is 15.4. The first-order valence-corrected chi connectivity index (χ1v) is 10.7. The van der Waals surface area contributed by atoms with Gasteiger partial charge in [0, 0.05) is 23.6 Å².